The molecule has 0 aromatic carbocycles. The summed E-state index contributed by atoms with van der Waals surface area (Å²) in [4.78, 5) is 39.3. The lowest BCUT2D eigenvalue weighted by Gasteiger charge is -2.38. The summed E-state index contributed by atoms with van der Waals surface area (Å²) in [6, 6.07) is 1.91. The lowest BCUT2D eigenvalue weighted by molar-refractivity contribution is -0.137. The summed E-state index contributed by atoms with van der Waals surface area (Å²) in [6.45, 7) is 8.11. The van der Waals surface area contributed by atoms with Gasteiger partial charge in [-0.15, -0.1) is 0 Å². The standard InChI is InChI=1S/C18H28N6O2/c1-14(2)21-18(26)24-8-4-15(5-9-24)16(25)22-10-12-23(13-11-22)17-19-6-3-7-20-17/h3,6-7,14-15H,4-5,8-13H2,1-2H3,(H,21,26). The van der Waals surface area contributed by atoms with E-state index in [0.717, 1.165) is 31.9 Å². The van der Waals surface area contributed by atoms with Crippen molar-refractivity contribution in [2.24, 2.45) is 5.92 Å². The van der Waals surface area contributed by atoms with Crippen molar-refractivity contribution in [3.05, 3.63) is 18.5 Å². The molecule has 0 atom stereocenters. The van der Waals surface area contributed by atoms with Crippen LogP contribution in [0.1, 0.15) is 26.7 Å². The van der Waals surface area contributed by atoms with Gasteiger partial charge in [-0.3, -0.25) is 4.79 Å². The van der Waals surface area contributed by atoms with Crippen molar-refractivity contribution in [1.29, 1.82) is 0 Å². The molecule has 0 aliphatic carbocycles. The first-order valence-electron chi connectivity index (χ1n) is 9.41. The van der Waals surface area contributed by atoms with Gasteiger partial charge in [-0.1, -0.05) is 0 Å². The minimum absolute atomic E-state index is 0.0256. The lowest BCUT2D eigenvalue weighted by Crippen LogP contribution is -2.53. The van der Waals surface area contributed by atoms with Gasteiger partial charge in [0.25, 0.3) is 0 Å². The molecule has 0 saturated carbocycles. The van der Waals surface area contributed by atoms with Crippen molar-refractivity contribution >= 4 is 17.9 Å². The zero-order valence-electron chi connectivity index (χ0n) is 15.6. The van der Waals surface area contributed by atoms with Crippen LogP contribution in [0.15, 0.2) is 18.5 Å². The van der Waals surface area contributed by atoms with Gasteiger partial charge in [0.1, 0.15) is 0 Å². The SMILES string of the molecule is CC(C)NC(=O)N1CCC(C(=O)N2CCN(c3ncccn3)CC2)CC1. The second kappa shape index (κ2) is 8.33. The zero-order chi connectivity index (χ0) is 18.5. The van der Waals surface area contributed by atoms with E-state index in [1.807, 2.05) is 23.6 Å². The van der Waals surface area contributed by atoms with Crippen molar-refractivity contribution in [2.75, 3.05) is 44.2 Å². The predicted molar refractivity (Wildman–Crippen MR) is 98.8 cm³/mol. The molecule has 8 heteroatoms. The number of piperidine rings is 1. The maximum absolute atomic E-state index is 12.8. The molecule has 1 N–H and O–H groups in total. The maximum atomic E-state index is 12.8. The van der Waals surface area contributed by atoms with E-state index in [9.17, 15) is 9.59 Å². The molecule has 2 saturated heterocycles. The third-order valence-corrected chi connectivity index (χ3v) is 4.97. The number of anilines is 1. The van der Waals surface area contributed by atoms with E-state index in [4.69, 9.17) is 0 Å². The van der Waals surface area contributed by atoms with Gasteiger partial charge in [0, 0.05) is 63.6 Å². The van der Waals surface area contributed by atoms with E-state index in [2.05, 4.69) is 20.2 Å². The molecule has 3 heterocycles. The number of piperazine rings is 1. The second-order valence-electron chi connectivity index (χ2n) is 7.23. The number of nitrogens with one attached hydrogen (secondary N) is 1. The molecule has 8 nitrogen and oxygen atoms in total. The van der Waals surface area contributed by atoms with E-state index in [0.29, 0.717) is 26.2 Å². The highest BCUT2D eigenvalue weighted by atomic mass is 16.2. The highest BCUT2D eigenvalue weighted by molar-refractivity contribution is 5.80. The Hall–Kier alpha value is -2.38. The Bertz CT molecular complexity index is 607. The second-order valence-corrected chi connectivity index (χ2v) is 7.23. The Kier molecular flexibility index (Phi) is 5.90. The summed E-state index contributed by atoms with van der Waals surface area (Å²) >= 11 is 0. The first kappa shape index (κ1) is 18.4. The number of rotatable bonds is 3. The topological polar surface area (TPSA) is 81.7 Å². The first-order chi connectivity index (χ1) is 12.5. The number of likely N-dealkylation sites (tertiary alicyclic amines) is 1. The number of carbonyl (C=O) groups excluding carboxylic acids is 2. The fourth-order valence-corrected chi connectivity index (χ4v) is 3.51. The summed E-state index contributed by atoms with van der Waals surface area (Å²) in [5.74, 6) is 0.976. The van der Waals surface area contributed by atoms with Crippen LogP contribution in [0.3, 0.4) is 0 Å². The smallest absolute Gasteiger partial charge is 0.317 e. The van der Waals surface area contributed by atoms with Crippen LogP contribution in [0.2, 0.25) is 0 Å². The molecule has 2 aliphatic rings. The number of nitrogens with zero attached hydrogens (tertiary/aromatic N) is 5. The van der Waals surface area contributed by atoms with Gasteiger partial charge >= 0.3 is 6.03 Å². The van der Waals surface area contributed by atoms with Crippen LogP contribution >= 0.6 is 0 Å². The highest BCUT2D eigenvalue weighted by Crippen LogP contribution is 2.21. The molecular weight excluding hydrogens is 332 g/mol. The fourth-order valence-electron chi connectivity index (χ4n) is 3.51. The highest BCUT2D eigenvalue weighted by Gasteiger charge is 2.32. The Morgan fingerprint density at radius 2 is 1.62 bits per heavy atom. The number of hydrogen-bond donors (Lipinski definition) is 1. The van der Waals surface area contributed by atoms with Crippen LogP contribution in [0.4, 0.5) is 10.7 Å². The summed E-state index contributed by atoms with van der Waals surface area (Å²) in [7, 11) is 0. The van der Waals surface area contributed by atoms with Crippen LogP contribution < -0.4 is 10.2 Å². The molecule has 0 unspecified atom stereocenters. The number of carbonyl (C=O) groups is 2. The normalized spacial score (nSPS) is 19.0. The van der Waals surface area contributed by atoms with Crippen LogP contribution in [-0.2, 0) is 4.79 Å². The number of urea groups is 1. The Balaban J connectivity index is 1.45. The Morgan fingerprint density at radius 3 is 2.19 bits per heavy atom. The van der Waals surface area contributed by atoms with Gasteiger partial charge in [0.15, 0.2) is 0 Å². The average Bonchev–Trinajstić information content (AvgIpc) is 2.68. The number of hydrogen-bond acceptors (Lipinski definition) is 5. The van der Waals surface area contributed by atoms with Gasteiger partial charge in [0.2, 0.25) is 11.9 Å². The third kappa shape index (κ3) is 4.42. The van der Waals surface area contributed by atoms with Gasteiger partial charge in [-0.25, -0.2) is 14.8 Å². The monoisotopic (exact) mass is 360 g/mol. The molecule has 1 aromatic rings. The Morgan fingerprint density at radius 1 is 1.00 bits per heavy atom. The predicted octanol–water partition coefficient (Wildman–Crippen LogP) is 0.955. The quantitative estimate of drug-likeness (QED) is 0.868. The summed E-state index contributed by atoms with van der Waals surface area (Å²) < 4.78 is 0. The Labute approximate surface area is 154 Å². The van der Waals surface area contributed by atoms with E-state index in [-0.39, 0.29) is 23.9 Å². The fraction of sp³-hybridized carbons (Fsp3) is 0.667. The van der Waals surface area contributed by atoms with Crippen LogP contribution in [0, 0.1) is 5.92 Å². The van der Waals surface area contributed by atoms with E-state index < -0.39 is 0 Å². The largest absolute Gasteiger partial charge is 0.339 e. The van der Waals surface area contributed by atoms with E-state index >= 15 is 0 Å². The summed E-state index contributed by atoms with van der Waals surface area (Å²) in [5.41, 5.74) is 0. The van der Waals surface area contributed by atoms with Crippen molar-refractivity contribution in [2.45, 2.75) is 32.7 Å². The van der Waals surface area contributed by atoms with Crippen LogP contribution in [-0.4, -0.2) is 77.0 Å². The maximum Gasteiger partial charge on any atom is 0.317 e. The molecule has 1 aromatic heterocycles. The molecule has 26 heavy (non-hydrogen) atoms. The van der Waals surface area contributed by atoms with Crippen molar-refractivity contribution in [3.8, 4) is 0 Å². The summed E-state index contributed by atoms with van der Waals surface area (Å²) in [6.07, 6.45) is 4.96. The van der Waals surface area contributed by atoms with Crippen molar-refractivity contribution in [1.82, 2.24) is 25.1 Å². The average molecular weight is 360 g/mol. The van der Waals surface area contributed by atoms with Crippen LogP contribution in [0.25, 0.3) is 0 Å². The lowest BCUT2D eigenvalue weighted by atomic mass is 9.95. The molecule has 142 valence electrons. The molecule has 0 spiro atoms. The molecule has 3 amide bonds. The first-order valence-corrected chi connectivity index (χ1v) is 9.41. The van der Waals surface area contributed by atoms with Crippen molar-refractivity contribution in [3.63, 3.8) is 0 Å². The molecule has 3 rings (SSSR count). The van der Waals surface area contributed by atoms with Gasteiger partial charge in [-0.2, -0.15) is 0 Å². The summed E-state index contributed by atoms with van der Waals surface area (Å²) in [5, 5.41) is 2.91. The van der Waals surface area contributed by atoms with Gasteiger partial charge in [-0.05, 0) is 32.8 Å². The van der Waals surface area contributed by atoms with E-state index in [1.165, 1.54) is 0 Å². The molecule has 0 radical (unpaired) electrons. The molecule has 0 bridgehead atoms. The zero-order valence-corrected chi connectivity index (χ0v) is 15.6. The number of aromatic nitrogens is 2. The van der Waals surface area contributed by atoms with Gasteiger partial charge in [0.05, 0.1) is 0 Å². The van der Waals surface area contributed by atoms with Crippen LogP contribution in [0.5, 0.6) is 0 Å². The number of amides is 3. The minimum atomic E-state index is -0.0256. The molecule has 2 fully saturated rings. The van der Waals surface area contributed by atoms with E-state index in [1.54, 1.807) is 18.5 Å². The molecule has 2 aliphatic heterocycles. The van der Waals surface area contributed by atoms with Gasteiger partial charge < -0.3 is 20.0 Å². The molecular formula is C18H28N6O2. The van der Waals surface area contributed by atoms with Crippen molar-refractivity contribution < 1.29 is 9.59 Å². The minimum Gasteiger partial charge on any atom is -0.339 e. The third-order valence-electron chi connectivity index (χ3n) is 4.97.